The summed E-state index contributed by atoms with van der Waals surface area (Å²) in [7, 11) is 0. The van der Waals surface area contributed by atoms with Crippen LogP contribution < -0.4 is 0 Å². The maximum atomic E-state index is 13.2. The minimum absolute atomic E-state index is 0.0198. The molecule has 1 N–H and O–H groups in total. The lowest BCUT2D eigenvalue weighted by atomic mass is 10.1. The Hall–Kier alpha value is -2.35. The van der Waals surface area contributed by atoms with Crippen molar-refractivity contribution in [3.63, 3.8) is 0 Å². The molecule has 1 atom stereocenters. The molecule has 1 aromatic heterocycles. The Labute approximate surface area is 136 Å². The summed E-state index contributed by atoms with van der Waals surface area (Å²) in [6, 6.07) is 7.30. The number of H-pyrrole nitrogens is 1. The maximum Gasteiger partial charge on any atom is 0.418 e. The van der Waals surface area contributed by atoms with Crippen molar-refractivity contribution in [2.24, 2.45) is 0 Å². The first-order valence-electron chi connectivity index (χ1n) is 7.47. The average molecular weight is 339 g/mol. The van der Waals surface area contributed by atoms with E-state index in [1.165, 1.54) is 29.2 Å². The van der Waals surface area contributed by atoms with E-state index in [9.17, 15) is 18.0 Å². The predicted octanol–water partition coefficient (Wildman–Crippen LogP) is 2.61. The zero-order valence-electron chi connectivity index (χ0n) is 12.7. The van der Waals surface area contributed by atoms with Crippen molar-refractivity contribution in [3.8, 4) is 0 Å². The van der Waals surface area contributed by atoms with Crippen LogP contribution in [-0.4, -0.2) is 40.3 Å². The predicted molar refractivity (Wildman–Crippen MR) is 78.9 cm³/mol. The lowest BCUT2D eigenvalue weighted by molar-refractivity contribution is -0.224. The molecule has 2 aromatic rings. The van der Waals surface area contributed by atoms with E-state index in [0.29, 0.717) is 19.5 Å². The summed E-state index contributed by atoms with van der Waals surface area (Å²) in [4.78, 5) is 13.7. The molecule has 0 bridgehead atoms. The molecule has 8 heteroatoms. The highest BCUT2D eigenvalue weighted by atomic mass is 19.4. The number of fused-ring (bicyclic) bond motifs is 1. The van der Waals surface area contributed by atoms with E-state index in [0.717, 1.165) is 11.3 Å². The molecule has 0 saturated carbocycles. The highest BCUT2D eigenvalue weighted by Crippen LogP contribution is 2.35. The summed E-state index contributed by atoms with van der Waals surface area (Å²) in [6.45, 7) is 0.141. The number of nitrogens with one attached hydrogen (secondary N) is 1. The largest absolute Gasteiger partial charge is 0.418 e. The number of alkyl halides is 3. The second kappa shape index (κ2) is 6.64. The fourth-order valence-corrected chi connectivity index (χ4v) is 2.69. The summed E-state index contributed by atoms with van der Waals surface area (Å²) in [5.41, 5.74) is 1.82. The van der Waals surface area contributed by atoms with Gasteiger partial charge in [0.25, 0.3) is 0 Å². The Balaban J connectivity index is 1.64. The van der Waals surface area contributed by atoms with Gasteiger partial charge in [0.2, 0.25) is 5.91 Å². The van der Waals surface area contributed by atoms with Crippen molar-refractivity contribution in [2.75, 3.05) is 13.2 Å². The number of carbonyl (C=O) groups is 1. The lowest BCUT2D eigenvalue weighted by Gasteiger charge is -2.28. The summed E-state index contributed by atoms with van der Waals surface area (Å²) in [5.74, 6) is -0.466. The van der Waals surface area contributed by atoms with Crippen LogP contribution in [0.5, 0.6) is 0 Å². The number of amides is 1. The van der Waals surface area contributed by atoms with Crippen molar-refractivity contribution in [3.05, 3.63) is 53.3 Å². The van der Waals surface area contributed by atoms with E-state index in [1.54, 1.807) is 12.3 Å². The standard InChI is InChI=1S/C16H16F3N3O2/c17-16(18,19)15(11-4-2-1-3-5-11)24-10-14(23)22-7-6-13-12(9-22)8-20-21-13/h1-5,8,15H,6-7,9-10H2,(H,20,21)/t15-/m0/s1. The molecule has 5 nitrogen and oxygen atoms in total. The van der Waals surface area contributed by atoms with Crippen molar-refractivity contribution in [1.29, 1.82) is 0 Å². The van der Waals surface area contributed by atoms with Gasteiger partial charge >= 0.3 is 6.18 Å². The first-order chi connectivity index (χ1) is 11.4. The van der Waals surface area contributed by atoms with Gasteiger partial charge in [-0.2, -0.15) is 18.3 Å². The van der Waals surface area contributed by atoms with Gasteiger partial charge in [-0.1, -0.05) is 30.3 Å². The molecule has 0 unspecified atom stereocenters. The Morgan fingerprint density at radius 3 is 2.79 bits per heavy atom. The lowest BCUT2D eigenvalue weighted by Crippen LogP contribution is -2.39. The van der Waals surface area contributed by atoms with Crippen LogP contribution in [0.1, 0.15) is 22.9 Å². The number of ether oxygens (including phenoxy) is 1. The highest BCUT2D eigenvalue weighted by Gasteiger charge is 2.42. The van der Waals surface area contributed by atoms with E-state index >= 15 is 0 Å². The molecule has 1 aromatic carbocycles. The van der Waals surface area contributed by atoms with E-state index in [-0.39, 0.29) is 5.56 Å². The van der Waals surface area contributed by atoms with Crippen LogP contribution in [0.3, 0.4) is 0 Å². The molecule has 24 heavy (non-hydrogen) atoms. The SMILES string of the molecule is O=C(CO[C@@H](c1ccccc1)C(F)(F)F)N1CCc2[nH]ncc2C1. The van der Waals surface area contributed by atoms with Crippen molar-refractivity contribution < 1.29 is 22.7 Å². The number of nitrogens with zero attached hydrogens (tertiary/aromatic N) is 2. The molecule has 1 aliphatic heterocycles. The first-order valence-corrected chi connectivity index (χ1v) is 7.47. The fourth-order valence-electron chi connectivity index (χ4n) is 2.69. The molecule has 2 heterocycles. The van der Waals surface area contributed by atoms with Gasteiger partial charge in [0.15, 0.2) is 6.10 Å². The summed E-state index contributed by atoms with van der Waals surface area (Å²) < 4.78 is 44.5. The molecule has 0 saturated heterocycles. The van der Waals surface area contributed by atoms with Crippen LogP contribution in [-0.2, 0) is 22.5 Å². The van der Waals surface area contributed by atoms with Gasteiger partial charge in [-0.25, -0.2) is 0 Å². The first kappa shape index (κ1) is 16.5. The Bertz CT molecular complexity index is 700. The second-order valence-electron chi connectivity index (χ2n) is 5.58. The monoisotopic (exact) mass is 339 g/mol. The number of halogens is 3. The Kier molecular flexibility index (Phi) is 4.57. The van der Waals surface area contributed by atoms with Crippen LogP contribution in [0.2, 0.25) is 0 Å². The van der Waals surface area contributed by atoms with E-state index < -0.39 is 24.8 Å². The second-order valence-corrected chi connectivity index (χ2v) is 5.58. The average Bonchev–Trinajstić information content (AvgIpc) is 3.02. The summed E-state index contributed by atoms with van der Waals surface area (Å²) in [6.07, 6.45) is -4.47. The number of hydrogen-bond acceptors (Lipinski definition) is 3. The smallest absolute Gasteiger partial charge is 0.354 e. The van der Waals surface area contributed by atoms with Crippen LogP contribution in [0.25, 0.3) is 0 Å². The minimum Gasteiger partial charge on any atom is -0.354 e. The molecule has 0 fully saturated rings. The quantitative estimate of drug-likeness (QED) is 0.932. The van der Waals surface area contributed by atoms with E-state index in [4.69, 9.17) is 4.74 Å². The van der Waals surface area contributed by atoms with Crippen LogP contribution in [0.15, 0.2) is 36.5 Å². The molecule has 128 valence electrons. The number of carbonyl (C=O) groups excluding carboxylic acids is 1. The highest BCUT2D eigenvalue weighted by molar-refractivity contribution is 5.77. The van der Waals surface area contributed by atoms with Gasteiger partial charge in [-0.05, 0) is 5.56 Å². The van der Waals surface area contributed by atoms with E-state index in [1.807, 2.05) is 0 Å². The van der Waals surface area contributed by atoms with Crippen LogP contribution >= 0.6 is 0 Å². The molecule has 0 aliphatic carbocycles. The Morgan fingerprint density at radius 2 is 2.08 bits per heavy atom. The molecule has 1 amide bonds. The van der Waals surface area contributed by atoms with Gasteiger partial charge in [0.05, 0.1) is 6.20 Å². The molecular weight excluding hydrogens is 323 g/mol. The number of benzene rings is 1. The van der Waals surface area contributed by atoms with Crippen molar-refractivity contribution in [2.45, 2.75) is 25.2 Å². The topological polar surface area (TPSA) is 58.2 Å². The van der Waals surface area contributed by atoms with Crippen LogP contribution in [0, 0.1) is 0 Å². The minimum atomic E-state index is -4.58. The zero-order valence-corrected chi connectivity index (χ0v) is 12.7. The third kappa shape index (κ3) is 3.59. The number of hydrogen-bond donors (Lipinski definition) is 1. The van der Waals surface area contributed by atoms with Gasteiger partial charge in [-0.3, -0.25) is 9.89 Å². The van der Waals surface area contributed by atoms with Gasteiger partial charge < -0.3 is 9.64 Å². The number of aromatic amines is 1. The summed E-state index contributed by atoms with van der Waals surface area (Å²) >= 11 is 0. The van der Waals surface area contributed by atoms with Crippen LogP contribution in [0.4, 0.5) is 13.2 Å². The normalized spacial score (nSPS) is 15.9. The molecule has 0 radical (unpaired) electrons. The zero-order chi connectivity index (χ0) is 17.2. The Morgan fingerprint density at radius 1 is 1.33 bits per heavy atom. The fraction of sp³-hybridized carbons (Fsp3) is 0.375. The molecular formula is C16H16F3N3O2. The number of aromatic nitrogens is 2. The molecule has 0 spiro atoms. The number of rotatable bonds is 4. The van der Waals surface area contributed by atoms with Crippen molar-refractivity contribution in [1.82, 2.24) is 15.1 Å². The molecule has 1 aliphatic rings. The molecule has 3 rings (SSSR count). The summed E-state index contributed by atoms with van der Waals surface area (Å²) in [5, 5.41) is 6.74. The van der Waals surface area contributed by atoms with E-state index in [2.05, 4.69) is 10.2 Å². The third-order valence-corrected chi connectivity index (χ3v) is 3.93. The van der Waals surface area contributed by atoms with Gasteiger partial charge in [0, 0.05) is 30.8 Å². The van der Waals surface area contributed by atoms with Gasteiger partial charge in [0.1, 0.15) is 6.61 Å². The van der Waals surface area contributed by atoms with Crippen molar-refractivity contribution >= 4 is 5.91 Å². The third-order valence-electron chi connectivity index (χ3n) is 3.93. The maximum absolute atomic E-state index is 13.2. The van der Waals surface area contributed by atoms with Gasteiger partial charge in [-0.15, -0.1) is 0 Å².